The van der Waals surface area contributed by atoms with Crippen LogP contribution in [0.3, 0.4) is 0 Å². The van der Waals surface area contributed by atoms with Gasteiger partial charge >= 0.3 is 0 Å². The van der Waals surface area contributed by atoms with Crippen LogP contribution in [0.25, 0.3) is 5.57 Å². The second kappa shape index (κ2) is 9.07. The Bertz CT molecular complexity index is 1050. The van der Waals surface area contributed by atoms with Crippen LogP contribution in [0.5, 0.6) is 0 Å². The summed E-state index contributed by atoms with van der Waals surface area (Å²) in [5.41, 5.74) is 2.39. The molecule has 1 aromatic heterocycles. The van der Waals surface area contributed by atoms with E-state index in [4.69, 9.17) is 4.74 Å². The Morgan fingerprint density at radius 3 is 2.72 bits per heavy atom. The second-order valence-corrected chi connectivity index (χ2v) is 9.26. The Morgan fingerprint density at radius 2 is 2.06 bits per heavy atom. The van der Waals surface area contributed by atoms with Gasteiger partial charge in [-0.3, -0.25) is 0 Å². The molecule has 1 saturated heterocycles. The number of ether oxygens (including phenoxy) is 1. The molecule has 1 aliphatic heterocycles. The Balaban J connectivity index is 1.33. The summed E-state index contributed by atoms with van der Waals surface area (Å²) in [5, 5.41) is 13.6. The minimum atomic E-state index is -0.597. The van der Waals surface area contributed by atoms with Crippen LogP contribution >= 0.6 is 0 Å². The zero-order valence-corrected chi connectivity index (χ0v) is 18.6. The summed E-state index contributed by atoms with van der Waals surface area (Å²) in [6.45, 7) is 3.96. The van der Waals surface area contributed by atoms with E-state index < -0.39 is 6.10 Å². The fourth-order valence-corrected chi connectivity index (χ4v) is 4.95. The molecule has 0 amide bonds. The van der Waals surface area contributed by atoms with Crippen molar-refractivity contribution in [3.8, 4) is 11.8 Å². The van der Waals surface area contributed by atoms with Crippen LogP contribution in [0.4, 0.5) is 0 Å². The van der Waals surface area contributed by atoms with Gasteiger partial charge < -0.3 is 19.7 Å². The maximum absolute atomic E-state index is 9.92. The van der Waals surface area contributed by atoms with Crippen LogP contribution in [0, 0.1) is 23.2 Å². The lowest BCUT2D eigenvalue weighted by atomic mass is 9.60. The Hall–Kier alpha value is -2.65. The van der Waals surface area contributed by atoms with Crippen molar-refractivity contribution in [3.05, 3.63) is 72.3 Å². The molecule has 1 saturated carbocycles. The van der Waals surface area contributed by atoms with Crippen molar-refractivity contribution in [2.24, 2.45) is 11.3 Å². The molecule has 0 radical (unpaired) electrons. The smallest absolute Gasteiger partial charge is 0.138 e. The first-order chi connectivity index (χ1) is 15.6. The van der Waals surface area contributed by atoms with Gasteiger partial charge in [-0.25, -0.2) is 4.98 Å². The van der Waals surface area contributed by atoms with E-state index in [1.807, 2.05) is 10.8 Å². The normalized spacial score (nSPS) is 28.1. The summed E-state index contributed by atoms with van der Waals surface area (Å²) >= 11 is 0. The third-order valence-electron chi connectivity index (χ3n) is 7.00. The van der Waals surface area contributed by atoms with E-state index in [1.54, 1.807) is 13.1 Å². The van der Waals surface area contributed by atoms with Gasteiger partial charge in [-0.15, -0.1) is 0 Å². The second-order valence-electron chi connectivity index (χ2n) is 9.26. The first-order valence-electron chi connectivity index (χ1n) is 11.6. The Kier molecular flexibility index (Phi) is 6.01. The SMILES string of the molecule is CC(O)c1nccn1CC#CC1(C2CC(NC3COC3)C2)C=CC(c2ccccc2)=CC1. The van der Waals surface area contributed by atoms with Crippen molar-refractivity contribution < 1.29 is 9.84 Å². The number of aromatic nitrogens is 2. The average molecular weight is 430 g/mol. The van der Waals surface area contributed by atoms with E-state index in [9.17, 15) is 5.11 Å². The summed E-state index contributed by atoms with van der Waals surface area (Å²) in [6.07, 6.45) is 13.2. The van der Waals surface area contributed by atoms with Gasteiger partial charge in [0.1, 0.15) is 11.9 Å². The lowest BCUT2D eigenvalue weighted by molar-refractivity contribution is -0.0222. The molecule has 2 fully saturated rings. The fourth-order valence-electron chi connectivity index (χ4n) is 4.95. The molecule has 0 spiro atoms. The Labute approximate surface area is 190 Å². The molecule has 5 rings (SSSR count). The van der Waals surface area contributed by atoms with Crippen molar-refractivity contribution in [3.63, 3.8) is 0 Å². The standard InChI is InChI=1S/C27H31N3O2/c1-20(31)26-28-13-15-30(26)14-5-10-27(23-16-24(17-23)29-25-18-32-19-25)11-8-22(9-12-27)21-6-3-2-4-7-21/h2-4,6-9,11,13,15,20,23-25,29,31H,12,14,16-19H2,1H3. The molecule has 2 atom stereocenters. The molecular weight excluding hydrogens is 398 g/mol. The van der Waals surface area contributed by atoms with Crippen LogP contribution in [-0.4, -0.2) is 40.0 Å². The van der Waals surface area contributed by atoms with Gasteiger partial charge in [-0.2, -0.15) is 0 Å². The molecule has 0 bridgehead atoms. The molecule has 1 aromatic carbocycles. The van der Waals surface area contributed by atoms with E-state index in [0.717, 1.165) is 32.5 Å². The van der Waals surface area contributed by atoms with E-state index >= 15 is 0 Å². The molecule has 2 aliphatic carbocycles. The summed E-state index contributed by atoms with van der Waals surface area (Å²) in [5.74, 6) is 8.27. The number of aliphatic hydroxyl groups excluding tert-OH is 1. The molecule has 3 aliphatic rings. The van der Waals surface area contributed by atoms with Crippen LogP contribution < -0.4 is 5.32 Å². The summed E-state index contributed by atoms with van der Waals surface area (Å²) in [6, 6.07) is 11.6. The molecular formula is C27H31N3O2. The first-order valence-corrected chi connectivity index (χ1v) is 11.6. The molecule has 166 valence electrons. The number of benzene rings is 1. The highest BCUT2D eigenvalue weighted by Gasteiger charge is 2.44. The van der Waals surface area contributed by atoms with Crippen LogP contribution in [0.15, 0.2) is 61.0 Å². The minimum Gasteiger partial charge on any atom is -0.385 e. The number of hydrogen-bond donors (Lipinski definition) is 2. The molecule has 5 heteroatoms. The number of imidazole rings is 1. The van der Waals surface area contributed by atoms with Crippen LogP contribution in [0.1, 0.15) is 43.7 Å². The van der Waals surface area contributed by atoms with Gasteiger partial charge in [-0.1, -0.05) is 60.4 Å². The molecule has 2 N–H and O–H groups in total. The predicted molar refractivity (Wildman–Crippen MR) is 126 cm³/mol. The van der Waals surface area contributed by atoms with Crippen molar-refractivity contribution in [1.82, 2.24) is 14.9 Å². The quantitative estimate of drug-likeness (QED) is 0.687. The topological polar surface area (TPSA) is 59.3 Å². The number of aliphatic hydroxyl groups is 1. The number of nitrogens with zero attached hydrogens (tertiary/aromatic N) is 2. The molecule has 2 unspecified atom stereocenters. The van der Waals surface area contributed by atoms with Gasteiger partial charge in [0.25, 0.3) is 0 Å². The van der Waals surface area contributed by atoms with Crippen molar-refractivity contribution in [2.45, 2.75) is 50.9 Å². The van der Waals surface area contributed by atoms with E-state index in [2.05, 4.69) is 70.7 Å². The monoisotopic (exact) mass is 429 g/mol. The number of rotatable bonds is 6. The van der Waals surface area contributed by atoms with Crippen LogP contribution in [0.2, 0.25) is 0 Å². The number of hydrogen-bond acceptors (Lipinski definition) is 4. The maximum atomic E-state index is 9.92. The molecule has 32 heavy (non-hydrogen) atoms. The number of nitrogens with one attached hydrogen (secondary N) is 1. The predicted octanol–water partition coefficient (Wildman–Crippen LogP) is 3.74. The highest BCUT2D eigenvalue weighted by Crippen LogP contribution is 2.48. The minimum absolute atomic E-state index is 0.141. The average Bonchev–Trinajstić information content (AvgIpc) is 3.21. The fraction of sp³-hybridized carbons (Fsp3) is 0.444. The van der Waals surface area contributed by atoms with E-state index in [1.165, 1.54) is 11.1 Å². The van der Waals surface area contributed by atoms with Gasteiger partial charge in [0.15, 0.2) is 0 Å². The van der Waals surface area contributed by atoms with Gasteiger partial charge in [0.05, 0.1) is 31.2 Å². The summed E-state index contributed by atoms with van der Waals surface area (Å²) in [4.78, 5) is 4.26. The maximum Gasteiger partial charge on any atom is 0.138 e. The lowest BCUT2D eigenvalue weighted by Gasteiger charge is -2.48. The van der Waals surface area contributed by atoms with Gasteiger partial charge in [0.2, 0.25) is 0 Å². The zero-order valence-electron chi connectivity index (χ0n) is 18.6. The van der Waals surface area contributed by atoms with Crippen molar-refractivity contribution in [1.29, 1.82) is 0 Å². The number of allylic oxidation sites excluding steroid dienone is 4. The molecule has 2 heterocycles. The molecule has 2 aromatic rings. The highest BCUT2D eigenvalue weighted by atomic mass is 16.5. The van der Waals surface area contributed by atoms with Crippen molar-refractivity contribution >= 4 is 5.57 Å². The van der Waals surface area contributed by atoms with Gasteiger partial charge in [-0.05, 0) is 43.2 Å². The van der Waals surface area contributed by atoms with E-state index in [-0.39, 0.29) is 5.41 Å². The lowest BCUT2D eigenvalue weighted by Crippen LogP contribution is -2.56. The largest absolute Gasteiger partial charge is 0.385 e. The zero-order chi connectivity index (χ0) is 22.0. The first kappa shape index (κ1) is 21.2. The van der Waals surface area contributed by atoms with E-state index in [0.29, 0.717) is 30.4 Å². The van der Waals surface area contributed by atoms with Crippen LogP contribution in [-0.2, 0) is 11.3 Å². The van der Waals surface area contributed by atoms with Gasteiger partial charge in [0, 0.05) is 18.4 Å². The summed E-state index contributed by atoms with van der Waals surface area (Å²) in [7, 11) is 0. The Morgan fingerprint density at radius 1 is 1.25 bits per heavy atom. The highest BCUT2D eigenvalue weighted by molar-refractivity contribution is 5.75. The third kappa shape index (κ3) is 4.31. The molecule has 5 nitrogen and oxygen atoms in total. The summed E-state index contributed by atoms with van der Waals surface area (Å²) < 4.78 is 7.24. The van der Waals surface area contributed by atoms with Crippen molar-refractivity contribution in [2.75, 3.05) is 13.2 Å². The third-order valence-corrected chi connectivity index (χ3v) is 7.00.